The van der Waals surface area contributed by atoms with E-state index < -0.39 is 52.7 Å². The molecular formula is C14H18F5O6PS. The number of alkyl halides is 5. The monoisotopic (exact) mass is 440 g/mol. The zero-order chi connectivity index (χ0) is 21.1. The van der Waals surface area contributed by atoms with Gasteiger partial charge in [-0.25, -0.2) is 0 Å². The molecule has 0 saturated heterocycles. The van der Waals surface area contributed by atoms with Crippen LogP contribution in [0.1, 0.15) is 26.3 Å². The van der Waals surface area contributed by atoms with Crippen LogP contribution in [-0.4, -0.2) is 33.7 Å². The Bertz CT molecular complexity index is 793. The molecule has 0 radical (unpaired) electrons. The molecule has 0 aliphatic carbocycles. The van der Waals surface area contributed by atoms with Crippen molar-refractivity contribution in [2.75, 3.05) is 13.0 Å². The van der Waals surface area contributed by atoms with Crippen LogP contribution in [0.2, 0.25) is 0 Å². The van der Waals surface area contributed by atoms with Gasteiger partial charge in [-0.2, -0.15) is 30.4 Å². The summed E-state index contributed by atoms with van der Waals surface area (Å²) in [6, 6.07) is 2.61. The molecular weight excluding hydrogens is 422 g/mol. The molecule has 0 fully saturated rings. The topological polar surface area (TPSA) is 78.9 Å². The normalized spacial score (nSPS) is 15.7. The average Bonchev–Trinajstić information content (AvgIpc) is 2.51. The fourth-order valence-electron chi connectivity index (χ4n) is 1.91. The van der Waals surface area contributed by atoms with Crippen molar-refractivity contribution in [3.05, 3.63) is 29.8 Å². The smallest absolute Gasteiger partial charge is 0.307 e. The van der Waals surface area contributed by atoms with Gasteiger partial charge >= 0.3 is 19.7 Å². The third-order valence-corrected chi connectivity index (χ3v) is 6.25. The van der Waals surface area contributed by atoms with E-state index in [1.165, 1.54) is 20.8 Å². The molecule has 1 aromatic carbocycles. The van der Waals surface area contributed by atoms with E-state index >= 15 is 0 Å². The molecule has 0 aliphatic heterocycles. The summed E-state index contributed by atoms with van der Waals surface area (Å²) in [6.45, 7) is 4.23. The Balaban J connectivity index is 3.25. The molecule has 13 heteroatoms. The van der Waals surface area contributed by atoms with Gasteiger partial charge in [0.05, 0.1) is 18.3 Å². The highest BCUT2D eigenvalue weighted by atomic mass is 32.2. The molecule has 1 rings (SSSR count). The fourth-order valence-corrected chi connectivity index (χ4v) is 5.05. The predicted molar refractivity (Wildman–Crippen MR) is 85.0 cm³/mol. The predicted octanol–water partition coefficient (Wildman–Crippen LogP) is 4.66. The van der Waals surface area contributed by atoms with Gasteiger partial charge in [0.15, 0.2) is 6.35 Å². The van der Waals surface area contributed by atoms with Gasteiger partial charge in [-0.3, -0.25) is 8.75 Å². The quantitative estimate of drug-likeness (QED) is 0.316. The van der Waals surface area contributed by atoms with E-state index in [1.54, 1.807) is 0 Å². The maximum absolute atomic E-state index is 13.7. The van der Waals surface area contributed by atoms with Crippen LogP contribution in [0.5, 0.6) is 0 Å². The first kappa shape index (κ1) is 24.0. The van der Waals surface area contributed by atoms with Gasteiger partial charge in [0.2, 0.25) is 0 Å². The number of benzene rings is 1. The van der Waals surface area contributed by atoms with E-state index in [0.717, 1.165) is 12.1 Å². The van der Waals surface area contributed by atoms with Crippen LogP contribution in [0.25, 0.3) is 0 Å². The van der Waals surface area contributed by atoms with E-state index in [9.17, 15) is 34.9 Å². The molecule has 0 spiro atoms. The lowest BCUT2D eigenvalue weighted by Gasteiger charge is -2.23. The second-order valence-electron chi connectivity index (χ2n) is 5.45. The van der Waals surface area contributed by atoms with Crippen molar-refractivity contribution in [1.82, 2.24) is 0 Å². The van der Waals surface area contributed by atoms with Gasteiger partial charge in [-0.1, -0.05) is 18.2 Å². The molecule has 156 valence electrons. The standard InChI is InChI=1S/C14H18F5O6PS/c1-4-23-26(20,25-10(2)3)9-24-27(21,22)12-8-6-5-7-11(12)13(15,16)14(17,18)19/h5-8,10H,4,9H2,1-3H3. The molecule has 1 unspecified atom stereocenters. The minimum absolute atomic E-state index is 0.143. The zero-order valence-electron chi connectivity index (χ0n) is 14.5. The van der Waals surface area contributed by atoms with Crippen LogP contribution >= 0.6 is 7.60 Å². The maximum atomic E-state index is 13.7. The second kappa shape index (κ2) is 8.52. The van der Waals surface area contributed by atoms with Gasteiger partial charge < -0.3 is 9.05 Å². The first-order valence-electron chi connectivity index (χ1n) is 7.52. The largest absolute Gasteiger partial charge is 0.458 e. The van der Waals surface area contributed by atoms with Crippen molar-refractivity contribution >= 4 is 17.7 Å². The molecule has 27 heavy (non-hydrogen) atoms. The Morgan fingerprint density at radius 2 is 1.67 bits per heavy atom. The van der Waals surface area contributed by atoms with Crippen molar-refractivity contribution in [1.29, 1.82) is 0 Å². The SMILES string of the molecule is CCOP(=O)(COS(=O)(=O)c1ccccc1C(F)(F)C(F)(F)F)OC(C)C. The molecule has 0 aliphatic rings. The van der Waals surface area contributed by atoms with Crippen molar-refractivity contribution in [2.45, 2.75) is 43.9 Å². The molecule has 0 N–H and O–H groups in total. The van der Waals surface area contributed by atoms with Crippen LogP contribution < -0.4 is 0 Å². The Labute approximate surface area is 153 Å². The highest BCUT2D eigenvalue weighted by molar-refractivity contribution is 7.87. The van der Waals surface area contributed by atoms with Crippen LogP contribution in [0.3, 0.4) is 0 Å². The molecule has 1 atom stereocenters. The van der Waals surface area contributed by atoms with Crippen LogP contribution in [0.4, 0.5) is 22.0 Å². The van der Waals surface area contributed by atoms with Crippen LogP contribution in [0.15, 0.2) is 29.2 Å². The summed E-state index contributed by atoms with van der Waals surface area (Å²) in [5.74, 6) is -5.45. The maximum Gasteiger partial charge on any atom is 0.458 e. The van der Waals surface area contributed by atoms with E-state index in [4.69, 9.17) is 9.05 Å². The van der Waals surface area contributed by atoms with Gasteiger partial charge in [-0.05, 0) is 26.8 Å². The van der Waals surface area contributed by atoms with Crippen molar-refractivity contribution in [2.24, 2.45) is 0 Å². The lowest BCUT2D eigenvalue weighted by molar-refractivity contribution is -0.290. The first-order chi connectivity index (χ1) is 12.2. The van der Waals surface area contributed by atoms with Crippen LogP contribution in [0, 0.1) is 0 Å². The van der Waals surface area contributed by atoms with Crippen molar-refractivity contribution < 1.29 is 48.2 Å². The van der Waals surface area contributed by atoms with E-state index in [0.29, 0.717) is 12.1 Å². The summed E-state index contributed by atoms with van der Waals surface area (Å²) < 4.78 is 116. The van der Waals surface area contributed by atoms with Crippen LogP contribution in [-0.2, 0) is 33.8 Å². The first-order valence-corrected chi connectivity index (χ1v) is 10.7. The van der Waals surface area contributed by atoms with Gasteiger partial charge in [0, 0.05) is 0 Å². The average molecular weight is 440 g/mol. The lowest BCUT2D eigenvalue weighted by Crippen LogP contribution is -2.35. The van der Waals surface area contributed by atoms with E-state index in [-0.39, 0.29) is 6.61 Å². The molecule has 0 heterocycles. The third kappa shape index (κ3) is 5.95. The summed E-state index contributed by atoms with van der Waals surface area (Å²) >= 11 is 0. The van der Waals surface area contributed by atoms with Crippen molar-refractivity contribution in [3.8, 4) is 0 Å². The molecule has 6 nitrogen and oxygen atoms in total. The highest BCUT2D eigenvalue weighted by Gasteiger charge is 2.60. The number of rotatable bonds is 9. The Kier molecular flexibility index (Phi) is 7.56. The molecule has 0 bridgehead atoms. The molecule has 1 aromatic rings. The van der Waals surface area contributed by atoms with E-state index in [2.05, 4.69) is 4.18 Å². The number of halogens is 5. The van der Waals surface area contributed by atoms with Gasteiger partial charge in [0.1, 0.15) is 4.90 Å². The van der Waals surface area contributed by atoms with E-state index in [1.807, 2.05) is 0 Å². The third-order valence-electron chi connectivity index (χ3n) is 2.91. The lowest BCUT2D eigenvalue weighted by atomic mass is 10.1. The summed E-state index contributed by atoms with van der Waals surface area (Å²) in [5, 5.41) is 0. The fraction of sp³-hybridized carbons (Fsp3) is 0.571. The zero-order valence-corrected chi connectivity index (χ0v) is 16.2. The summed E-state index contributed by atoms with van der Waals surface area (Å²) in [6.07, 6.45) is -7.87. The molecule has 0 aromatic heterocycles. The number of hydrogen-bond acceptors (Lipinski definition) is 6. The molecule has 0 saturated carbocycles. The second-order valence-corrected chi connectivity index (χ2v) is 8.99. The van der Waals surface area contributed by atoms with Crippen molar-refractivity contribution in [3.63, 3.8) is 0 Å². The summed E-state index contributed by atoms with van der Waals surface area (Å²) in [4.78, 5) is -1.40. The highest BCUT2D eigenvalue weighted by Crippen LogP contribution is 2.50. The number of hydrogen-bond donors (Lipinski definition) is 0. The summed E-state index contributed by atoms with van der Waals surface area (Å²) in [7, 11) is -9.23. The Morgan fingerprint density at radius 1 is 1.11 bits per heavy atom. The minimum Gasteiger partial charge on any atom is -0.307 e. The Morgan fingerprint density at radius 3 is 2.15 bits per heavy atom. The van der Waals surface area contributed by atoms with Gasteiger partial charge in [-0.15, -0.1) is 0 Å². The van der Waals surface area contributed by atoms with Gasteiger partial charge in [0.25, 0.3) is 10.1 Å². The minimum atomic E-state index is -6.03. The summed E-state index contributed by atoms with van der Waals surface area (Å²) in [5.41, 5.74) is -1.81. The Hall–Kier alpha value is -1.07. The molecule has 0 amide bonds.